The van der Waals surface area contributed by atoms with Crippen molar-refractivity contribution >= 4 is 23.2 Å². The maximum absolute atomic E-state index is 12.6. The summed E-state index contributed by atoms with van der Waals surface area (Å²) in [4.78, 5) is 24.7. The molecule has 0 aromatic heterocycles. The Labute approximate surface area is 191 Å². The minimum Gasteiger partial charge on any atom is -0.497 e. The molecule has 0 atom stereocenters. The fourth-order valence-electron chi connectivity index (χ4n) is 3.25. The average molecular weight is 448 g/mol. The van der Waals surface area contributed by atoms with Gasteiger partial charge in [0.15, 0.2) is 18.1 Å². The van der Waals surface area contributed by atoms with Crippen molar-refractivity contribution in [2.24, 2.45) is 0 Å². The highest BCUT2D eigenvalue weighted by molar-refractivity contribution is 6.04. The molecule has 0 radical (unpaired) electrons. The fourth-order valence-corrected chi connectivity index (χ4v) is 3.25. The number of hydrogen-bond donors (Lipinski definition) is 2. The summed E-state index contributed by atoms with van der Waals surface area (Å²) in [5, 5.41) is 5.57. The van der Waals surface area contributed by atoms with Crippen LogP contribution in [0.1, 0.15) is 24.2 Å². The molecule has 3 aromatic carbocycles. The molecule has 8 nitrogen and oxygen atoms in total. The first-order valence-corrected chi connectivity index (χ1v) is 10.3. The monoisotopic (exact) mass is 448 g/mol. The smallest absolute Gasteiger partial charge is 0.262 e. The Bertz CT molecular complexity index is 1170. The van der Waals surface area contributed by atoms with E-state index in [1.54, 1.807) is 73.8 Å². The predicted molar refractivity (Wildman–Crippen MR) is 123 cm³/mol. The number of hydrogen-bond acceptors (Lipinski definition) is 6. The van der Waals surface area contributed by atoms with Crippen LogP contribution in [0.3, 0.4) is 0 Å². The Hall–Kier alpha value is -4.20. The van der Waals surface area contributed by atoms with E-state index < -0.39 is 5.79 Å². The topological polar surface area (TPSA) is 95.1 Å². The van der Waals surface area contributed by atoms with Gasteiger partial charge in [0.05, 0.1) is 7.11 Å². The molecule has 1 aliphatic heterocycles. The summed E-state index contributed by atoms with van der Waals surface area (Å²) in [6.45, 7) is 3.46. The second-order valence-corrected chi connectivity index (χ2v) is 7.81. The van der Waals surface area contributed by atoms with Crippen LogP contribution in [0.2, 0.25) is 0 Å². The van der Waals surface area contributed by atoms with Gasteiger partial charge < -0.3 is 29.6 Å². The maximum atomic E-state index is 12.6. The first-order valence-electron chi connectivity index (χ1n) is 10.3. The first-order chi connectivity index (χ1) is 15.8. The van der Waals surface area contributed by atoms with E-state index >= 15 is 0 Å². The summed E-state index contributed by atoms with van der Waals surface area (Å²) in [6.07, 6.45) is 0. The van der Waals surface area contributed by atoms with Crippen LogP contribution in [0.25, 0.3) is 0 Å². The Morgan fingerprint density at radius 2 is 1.58 bits per heavy atom. The van der Waals surface area contributed by atoms with E-state index in [0.717, 1.165) is 0 Å². The van der Waals surface area contributed by atoms with E-state index in [1.807, 2.05) is 13.8 Å². The van der Waals surface area contributed by atoms with E-state index in [9.17, 15) is 9.59 Å². The van der Waals surface area contributed by atoms with Crippen molar-refractivity contribution in [2.45, 2.75) is 19.6 Å². The Balaban J connectivity index is 1.30. The van der Waals surface area contributed by atoms with E-state index in [1.165, 1.54) is 0 Å². The third kappa shape index (κ3) is 5.54. The van der Waals surface area contributed by atoms with Gasteiger partial charge in [-0.2, -0.15) is 0 Å². The molecule has 0 aliphatic carbocycles. The van der Waals surface area contributed by atoms with Gasteiger partial charge in [-0.3, -0.25) is 9.59 Å². The number of anilines is 2. The lowest BCUT2D eigenvalue weighted by molar-refractivity contribution is -0.118. The van der Waals surface area contributed by atoms with Gasteiger partial charge in [-0.15, -0.1) is 0 Å². The second-order valence-electron chi connectivity index (χ2n) is 7.81. The van der Waals surface area contributed by atoms with Crippen LogP contribution in [0.15, 0.2) is 66.7 Å². The highest BCUT2D eigenvalue weighted by Gasteiger charge is 2.31. The molecule has 0 saturated carbocycles. The number of carbonyl (C=O) groups is 2. The number of ether oxygens (including phenoxy) is 4. The minimum absolute atomic E-state index is 0.170. The van der Waals surface area contributed by atoms with Crippen LogP contribution in [0, 0.1) is 0 Å². The number of rotatable bonds is 7. The summed E-state index contributed by atoms with van der Waals surface area (Å²) in [7, 11) is 1.56. The largest absolute Gasteiger partial charge is 0.497 e. The van der Waals surface area contributed by atoms with Crippen molar-refractivity contribution in [1.82, 2.24) is 0 Å². The second kappa shape index (κ2) is 9.12. The third-order valence-electron chi connectivity index (χ3n) is 4.75. The SMILES string of the molecule is COc1cccc(NC(=O)COc2ccc(C(=O)Nc3ccc4c(c3)OC(C)(C)O4)cc2)c1. The molecule has 0 unspecified atom stereocenters. The normalized spacial score (nSPS) is 13.2. The van der Waals surface area contributed by atoms with Crippen LogP contribution in [0.5, 0.6) is 23.0 Å². The Morgan fingerprint density at radius 3 is 2.33 bits per heavy atom. The molecule has 8 heteroatoms. The van der Waals surface area contributed by atoms with Gasteiger partial charge in [0.2, 0.25) is 5.79 Å². The molecule has 33 heavy (non-hydrogen) atoms. The van der Waals surface area contributed by atoms with Crippen LogP contribution < -0.4 is 29.6 Å². The van der Waals surface area contributed by atoms with Crippen molar-refractivity contribution in [3.05, 3.63) is 72.3 Å². The number of amides is 2. The van der Waals surface area contributed by atoms with Crippen LogP contribution >= 0.6 is 0 Å². The number of nitrogens with one attached hydrogen (secondary N) is 2. The van der Waals surface area contributed by atoms with Crippen molar-refractivity contribution in [3.63, 3.8) is 0 Å². The quantitative estimate of drug-likeness (QED) is 0.554. The van der Waals surface area contributed by atoms with Crippen LogP contribution in [-0.2, 0) is 4.79 Å². The lowest BCUT2D eigenvalue weighted by atomic mass is 10.2. The Morgan fingerprint density at radius 1 is 0.848 bits per heavy atom. The van der Waals surface area contributed by atoms with Crippen molar-refractivity contribution in [3.8, 4) is 23.0 Å². The molecule has 1 aliphatic rings. The van der Waals surface area contributed by atoms with E-state index in [-0.39, 0.29) is 18.4 Å². The summed E-state index contributed by atoms with van der Waals surface area (Å²) in [5.41, 5.74) is 1.65. The lowest BCUT2D eigenvalue weighted by Crippen LogP contribution is -2.29. The molecule has 4 rings (SSSR count). The predicted octanol–water partition coefficient (Wildman–Crippen LogP) is 4.47. The highest BCUT2D eigenvalue weighted by Crippen LogP contribution is 2.40. The molecule has 2 amide bonds. The first kappa shape index (κ1) is 22.0. The van der Waals surface area contributed by atoms with E-state index in [4.69, 9.17) is 18.9 Å². The molecule has 2 N–H and O–H groups in total. The molecule has 3 aromatic rings. The zero-order valence-corrected chi connectivity index (χ0v) is 18.5. The molecular formula is C25H24N2O6. The maximum Gasteiger partial charge on any atom is 0.262 e. The van der Waals surface area contributed by atoms with Crippen LogP contribution in [-0.4, -0.2) is 31.3 Å². The standard InChI is InChI=1S/C25H24N2O6/c1-25(2)32-21-12-9-18(14-22(21)33-25)27-24(29)16-7-10-19(11-8-16)31-15-23(28)26-17-5-4-6-20(13-17)30-3/h4-14H,15H2,1-3H3,(H,26,28)(H,27,29). The molecule has 0 saturated heterocycles. The minimum atomic E-state index is -0.730. The Kier molecular flexibility index (Phi) is 6.08. The zero-order valence-electron chi connectivity index (χ0n) is 18.5. The number of methoxy groups -OCH3 is 1. The molecule has 1 heterocycles. The van der Waals surface area contributed by atoms with Crippen molar-refractivity contribution in [2.75, 3.05) is 24.4 Å². The van der Waals surface area contributed by atoms with Crippen molar-refractivity contribution < 1.29 is 28.5 Å². The summed E-state index contributed by atoms with van der Waals surface area (Å²) in [5.74, 6) is 1.01. The van der Waals surface area contributed by atoms with Gasteiger partial charge in [-0.1, -0.05) is 6.07 Å². The lowest BCUT2D eigenvalue weighted by Gasteiger charge is -2.16. The van der Waals surface area contributed by atoms with Gasteiger partial charge >= 0.3 is 0 Å². The number of fused-ring (bicyclic) bond motifs is 1. The summed E-state index contributed by atoms with van der Waals surface area (Å²) in [6, 6.07) is 18.8. The van der Waals surface area contributed by atoms with Gasteiger partial charge in [0.1, 0.15) is 11.5 Å². The zero-order chi connectivity index (χ0) is 23.4. The molecule has 0 bridgehead atoms. The molecule has 170 valence electrons. The van der Waals surface area contributed by atoms with E-state index in [0.29, 0.717) is 39.9 Å². The van der Waals surface area contributed by atoms with Gasteiger partial charge in [-0.05, 0) is 48.5 Å². The summed E-state index contributed by atoms with van der Waals surface area (Å²) < 4.78 is 22.0. The average Bonchev–Trinajstić information content (AvgIpc) is 3.11. The number of benzene rings is 3. The van der Waals surface area contributed by atoms with E-state index in [2.05, 4.69) is 10.6 Å². The molecule has 0 fully saturated rings. The van der Waals surface area contributed by atoms with Gasteiger partial charge in [0, 0.05) is 42.9 Å². The molecular weight excluding hydrogens is 424 g/mol. The van der Waals surface area contributed by atoms with Crippen molar-refractivity contribution in [1.29, 1.82) is 0 Å². The third-order valence-corrected chi connectivity index (χ3v) is 4.75. The summed E-state index contributed by atoms with van der Waals surface area (Å²) >= 11 is 0. The van der Waals surface area contributed by atoms with Crippen LogP contribution in [0.4, 0.5) is 11.4 Å². The molecule has 0 spiro atoms. The highest BCUT2D eigenvalue weighted by atomic mass is 16.7. The van der Waals surface area contributed by atoms with Gasteiger partial charge in [0.25, 0.3) is 11.8 Å². The number of carbonyl (C=O) groups excluding carboxylic acids is 2. The fraction of sp³-hybridized carbons (Fsp3) is 0.200. The van der Waals surface area contributed by atoms with Gasteiger partial charge in [-0.25, -0.2) is 0 Å².